The zero-order valence-corrected chi connectivity index (χ0v) is 13.1. The van der Waals surface area contributed by atoms with E-state index in [4.69, 9.17) is 0 Å². The summed E-state index contributed by atoms with van der Waals surface area (Å²) in [5.41, 5.74) is 0. The molecule has 96 valence electrons. The number of halogens is 1. The van der Waals surface area contributed by atoms with E-state index >= 15 is 0 Å². The van der Waals surface area contributed by atoms with Crippen molar-refractivity contribution in [2.75, 3.05) is 13.6 Å². The van der Waals surface area contributed by atoms with Crippen LogP contribution in [0.25, 0.3) is 0 Å². The predicted octanol–water partition coefficient (Wildman–Crippen LogP) is 2.92. The molecule has 0 aromatic carbocycles. The lowest BCUT2D eigenvalue weighted by molar-refractivity contribution is 0.548. The van der Waals surface area contributed by atoms with E-state index in [9.17, 15) is 0 Å². The van der Waals surface area contributed by atoms with Crippen molar-refractivity contribution in [3.05, 3.63) is 12.7 Å². The van der Waals surface area contributed by atoms with Crippen molar-refractivity contribution in [3.63, 3.8) is 0 Å². The van der Waals surface area contributed by atoms with Crippen LogP contribution in [0.15, 0.2) is 17.6 Å². The average Bonchev–Trinajstić information content (AvgIpc) is 2.24. The highest BCUT2D eigenvalue weighted by atomic mass is 127. The van der Waals surface area contributed by atoms with E-state index in [0.717, 1.165) is 12.5 Å². The Morgan fingerprint density at radius 3 is 2.62 bits per heavy atom. The van der Waals surface area contributed by atoms with Crippen LogP contribution < -0.4 is 10.6 Å². The van der Waals surface area contributed by atoms with Gasteiger partial charge < -0.3 is 10.6 Å². The summed E-state index contributed by atoms with van der Waals surface area (Å²) in [5.74, 6) is 0.860. The highest BCUT2D eigenvalue weighted by Crippen LogP contribution is 2.02. The van der Waals surface area contributed by atoms with E-state index in [2.05, 4.69) is 36.1 Å². The van der Waals surface area contributed by atoms with Gasteiger partial charge in [-0.2, -0.15) is 0 Å². The van der Waals surface area contributed by atoms with E-state index in [0.29, 0.717) is 6.04 Å². The smallest absolute Gasteiger partial charge is 0.191 e. The third-order valence-corrected chi connectivity index (χ3v) is 2.26. The van der Waals surface area contributed by atoms with Gasteiger partial charge in [-0.3, -0.25) is 4.99 Å². The molecule has 0 aromatic heterocycles. The second-order valence-corrected chi connectivity index (χ2v) is 3.78. The van der Waals surface area contributed by atoms with Gasteiger partial charge in [0.1, 0.15) is 0 Å². The topological polar surface area (TPSA) is 36.4 Å². The molecular formula is C12H26IN3. The van der Waals surface area contributed by atoms with Gasteiger partial charge in [0, 0.05) is 19.6 Å². The predicted molar refractivity (Wildman–Crippen MR) is 83.7 cm³/mol. The van der Waals surface area contributed by atoms with Gasteiger partial charge in [-0.25, -0.2) is 0 Å². The van der Waals surface area contributed by atoms with Gasteiger partial charge in [-0.1, -0.05) is 32.3 Å². The molecule has 1 unspecified atom stereocenters. The summed E-state index contributed by atoms with van der Waals surface area (Å²) in [6, 6.07) is 0.479. The zero-order valence-electron chi connectivity index (χ0n) is 10.8. The molecule has 0 aliphatic rings. The Kier molecular flexibility index (Phi) is 14.5. The number of hydrogen-bond donors (Lipinski definition) is 2. The molecule has 3 nitrogen and oxygen atoms in total. The number of unbranched alkanes of at least 4 members (excludes halogenated alkanes) is 2. The van der Waals surface area contributed by atoms with Crippen molar-refractivity contribution in [2.24, 2.45) is 4.99 Å². The van der Waals surface area contributed by atoms with Crippen LogP contribution in [0.5, 0.6) is 0 Å². The van der Waals surface area contributed by atoms with Crippen molar-refractivity contribution in [3.8, 4) is 0 Å². The zero-order chi connectivity index (χ0) is 11.5. The molecule has 0 saturated heterocycles. The molecule has 4 heteroatoms. The molecule has 0 bridgehead atoms. The summed E-state index contributed by atoms with van der Waals surface area (Å²) >= 11 is 0. The lowest BCUT2D eigenvalue weighted by Crippen LogP contribution is -2.42. The number of hydrogen-bond acceptors (Lipinski definition) is 1. The largest absolute Gasteiger partial charge is 0.354 e. The van der Waals surface area contributed by atoms with Gasteiger partial charge >= 0.3 is 0 Å². The first kappa shape index (κ1) is 18.1. The highest BCUT2D eigenvalue weighted by Gasteiger charge is 2.03. The molecule has 0 amide bonds. The summed E-state index contributed by atoms with van der Waals surface area (Å²) < 4.78 is 0. The normalized spacial score (nSPS) is 12.6. The summed E-state index contributed by atoms with van der Waals surface area (Å²) in [4.78, 5) is 4.14. The minimum atomic E-state index is 0. The maximum absolute atomic E-state index is 4.14. The van der Waals surface area contributed by atoms with E-state index in [1.165, 1.54) is 25.7 Å². The van der Waals surface area contributed by atoms with Crippen LogP contribution >= 0.6 is 24.0 Å². The molecular weight excluding hydrogens is 313 g/mol. The first-order chi connectivity index (χ1) is 7.24. The average molecular weight is 339 g/mol. The maximum Gasteiger partial charge on any atom is 0.191 e. The van der Waals surface area contributed by atoms with Crippen LogP contribution in [0.3, 0.4) is 0 Å². The molecule has 0 rings (SSSR count). The van der Waals surface area contributed by atoms with Crippen molar-refractivity contribution in [1.29, 1.82) is 0 Å². The second kappa shape index (κ2) is 12.8. The number of nitrogens with zero attached hydrogens (tertiary/aromatic N) is 1. The van der Waals surface area contributed by atoms with E-state index in [1.54, 1.807) is 7.05 Å². The fraction of sp³-hybridized carbons (Fsp3) is 0.750. The van der Waals surface area contributed by atoms with Crippen LogP contribution in [-0.4, -0.2) is 25.6 Å². The lowest BCUT2D eigenvalue weighted by atomic mass is 10.1. The monoisotopic (exact) mass is 339 g/mol. The summed E-state index contributed by atoms with van der Waals surface area (Å²) in [6.45, 7) is 8.83. The van der Waals surface area contributed by atoms with Crippen molar-refractivity contribution in [2.45, 2.75) is 45.6 Å². The Bertz CT molecular complexity index is 193. The standard InChI is InChI=1S/C12H25N3.HI/c1-5-7-8-9-11(3)15-12(13-4)14-10-6-2;/h6,11H,2,5,7-10H2,1,3-4H3,(H2,13,14,15);1H. The Balaban J connectivity index is 0. The molecule has 0 saturated carbocycles. The first-order valence-electron chi connectivity index (χ1n) is 5.82. The first-order valence-corrected chi connectivity index (χ1v) is 5.82. The van der Waals surface area contributed by atoms with Crippen LogP contribution in [0.1, 0.15) is 39.5 Å². The number of guanidine groups is 1. The van der Waals surface area contributed by atoms with Crippen molar-refractivity contribution >= 4 is 29.9 Å². The van der Waals surface area contributed by atoms with E-state index < -0.39 is 0 Å². The van der Waals surface area contributed by atoms with Gasteiger partial charge in [0.05, 0.1) is 0 Å². The van der Waals surface area contributed by atoms with Crippen LogP contribution in [-0.2, 0) is 0 Å². The van der Waals surface area contributed by atoms with Gasteiger partial charge in [-0.05, 0) is 13.3 Å². The van der Waals surface area contributed by atoms with Gasteiger partial charge in [0.2, 0.25) is 0 Å². The molecule has 0 aliphatic heterocycles. The maximum atomic E-state index is 4.14. The van der Waals surface area contributed by atoms with Gasteiger partial charge in [0.25, 0.3) is 0 Å². The second-order valence-electron chi connectivity index (χ2n) is 3.78. The summed E-state index contributed by atoms with van der Waals surface area (Å²) in [7, 11) is 1.79. The fourth-order valence-electron chi connectivity index (χ4n) is 1.37. The Labute approximate surface area is 117 Å². The Hall–Kier alpha value is -0.260. The quantitative estimate of drug-likeness (QED) is 0.246. The minimum Gasteiger partial charge on any atom is -0.354 e. The van der Waals surface area contributed by atoms with E-state index in [-0.39, 0.29) is 24.0 Å². The molecule has 0 aliphatic carbocycles. The molecule has 0 fully saturated rings. The molecule has 0 radical (unpaired) electrons. The molecule has 1 atom stereocenters. The third kappa shape index (κ3) is 10.3. The number of aliphatic imine (C=N–C) groups is 1. The summed E-state index contributed by atoms with van der Waals surface area (Å²) in [6.07, 6.45) is 6.89. The minimum absolute atomic E-state index is 0. The van der Waals surface area contributed by atoms with Crippen molar-refractivity contribution < 1.29 is 0 Å². The van der Waals surface area contributed by atoms with Crippen LogP contribution in [0.2, 0.25) is 0 Å². The lowest BCUT2D eigenvalue weighted by Gasteiger charge is -2.17. The van der Waals surface area contributed by atoms with Gasteiger partial charge in [-0.15, -0.1) is 30.6 Å². The third-order valence-electron chi connectivity index (χ3n) is 2.26. The Morgan fingerprint density at radius 1 is 1.44 bits per heavy atom. The van der Waals surface area contributed by atoms with Gasteiger partial charge in [0.15, 0.2) is 5.96 Å². The van der Waals surface area contributed by atoms with E-state index in [1.807, 2.05) is 6.08 Å². The van der Waals surface area contributed by atoms with Crippen molar-refractivity contribution in [1.82, 2.24) is 10.6 Å². The molecule has 16 heavy (non-hydrogen) atoms. The fourth-order valence-corrected chi connectivity index (χ4v) is 1.37. The molecule has 0 heterocycles. The van der Waals surface area contributed by atoms with Crippen LogP contribution in [0, 0.1) is 0 Å². The van der Waals surface area contributed by atoms with Crippen LogP contribution in [0.4, 0.5) is 0 Å². The molecule has 0 aromatic rings. The number of nitrogens with one attached hydrogen (secondary N) is 2. The Morgan fingerprint density at radius 2 is 2.12 bits per heavy atom. The molecule has 2 N–H and O–H groups in total. The number of rotatable bonds is 7. The highest BCUT2D eigenvalue weighted by molar-refractivity contribution is 14.0. The summed E-state index contributed by atoms with van der Waals surface area (Å²) in [5, 5.41) is 6.51. The molecule has 0 spiro atoms. The SMILES string of the molecule is C=CCNC(=NC)NC(C)CCCCC.I.